The van der Waals surface area contributed by atoms with Crippen molar-refractivity contribution < 1.29 is 9.47 Å². The van der Waals surface area contributed by atoms with Gasteiger partial charge in [0, 0.05) is 6.54 Å². The zero-order valence-corrected chi connectivity index (χ0v) is 12.4. The van der Waals surface area contributed by atoms with Crippen molar-refractivity contribution in [1.29, 1.82) is 0 Å². The molecule has 4 heteroatoms. The van der Waals surface area contributed by atoms with E-state index >= 15 is 0 Å². The van der Waals surface area contributed by atoms with E-state index in [1.165, 1.54) is 5.56 Å². The van der Waals surface area contributed by atoms with Crippen LogP contribution in [0.15, 0.2) is 36.4 Å². The molecule has 2 aromatic rings. The van der Waals surface area contributed by atoms with Crippen LogP contribution >= 0.6 is 11.6 Å². The smallest absolute Gasteiger partial charge is 0.169 e. The molecule has 0 amide bonds. The predicted octanol–water partition coefficient (Wildman–Crippen LogP) is 4.16. The molecule has 20 heavy (non-hydrogen) atoms. The molecule has 0 saturated carbocycles. The van der Waals surface area contributed by atoms with Crippen molar-refractivity contribution in [3.8, 4) is 17.2 Å². The first-order chi connectivity index (χ1) is 9.67. The van der Waals surface area contributed by atoms with Gasteiger partial charge in [-0.25, -0.2) is 0 Å². The SMILES string of the molecule is CCc1ccc(Oc2ccc(CN)cc2Cl)c(OC)c1. The van der Waals surface area contributed by atoms with E-state index in [0.717, 1.165) is 12.0 Å². The number of ether oxygens (including phenoxy) is 2. The largest absolute Gasteiger partial charge is 0.493 e. The summed E-state index contributed by atoms with van der Waals surface area (Å²) in [4.78, 5) is 0. The second kappa shape index (κ2) is 6.64. The first-order valence-electron chi connectivity index (χ1n) is 6.51. The van der Waals surface area contributed by atoms with Crippen molar-refractivity contribution in [2.24, 2.45) is 5.73 Å². The molecule has 0 heterocycles. The molecular weight excluding hydrogens is 274 g/mol. The van der Waals surface area contributed by atoms with E-state index in [1.807, 2.05) is 36.4 Å². The van der Waals surface area contributed by atoms with E-state index < -0.39 is 0 Å². The van der Waals surface area contributed by atoms with E-state index in [0.29, 0.717) is 28.8 Å². The number of hydrogen-bond donors (Lipinski definition) is 1. The Hall–Kier alpha value is -1.71. The number of rotatable bonds is 5. The standard InChI is InChI=1S/C16H18ClNO2/c1-3-11-4-7-15(16(9-11)19-2)20-14-6-5-12(10-18)8-13(14)17/h4-9H,3,10,18H2,1-2H3. The van der Waals surface area contributed by atoms with E-state index in [-0.39, 0.29) is 0 Å². The summed E-state index contributed by atoms with van der Waals surface area (Å²) in [6.07, 6.45) is 0.947. The quantitative estimate of drug-likeness (QED) is 0.899. The third kappa shape index (κ3) is 3.24. The van der Waals surface area contributed by atoms with Crippen molar-refractivity contribution in [2.75, 3.05) is 7.11 Å². The summed E-state index contributed by atoms with van der Waals surface area (Å²) in [6, 6.07) is 11.4. The summed E-state index contributed by atoms with van der Waals surface area (Å²) in [7, 11) is 1.63. The molecule has 0 fully saturated rings. The molecule has 0 aromatic heterocycles. The fourth-order valence-electron chi connectivity index (χ4n) is 1.89. The average molecular weight is 292 g/mol. The minimum Gasteiger partial charge on any atom is -0.493 e. The van der Waals surface area contributed by atoms with E-state index in [9.17, 15) is 0 Å². The third-order valence-corrected chi connectivity index (χ3v) is 3.38. The van der Waals surface area contributed by atoms with Gasteiger partial charge in [0.2, 0.25) is 0 Å². The van der Waals surface area contributed by atoms with Crippen LogP contribution in [0.3, 0.4) is 0 Å². The van der Waals surface area contributed by atoms with Crippen molar-refractivity contribution >= 4 is 11.6 Å². The van der Waals surface area contributed by atoms with Gasteiger partial charge in [-0.15, -0.1) is 0 Å². The number of hydrogen-bond acceptors (Lipinski definition) is 3. The highest BCUT2D eigenvalue weighted by Gasteiger charge is 2.09. The van der Waals surface area contributed by atoms with Gasteiger partial charge in [-0.3, -0.25) is 0 Å². The topological polar surface area (TPSA) is 44.5 Å². The van der Waals surface area contributed by atoms with Crippen molar-refractivity contribution in [3.63, 3.8) is 0 Å². The summed E-state index contributed by atoms with van der Waals surface area (Å²) < 4.78 is 11.2. The van der Waals surface area contributed by atoms with E-state index in [2.05, 4.69) is 6.92 Å². The van der Waals surface area contributed by atoms with Gasteiger partial charge in [0.15, 0.2) is 11.5 Å². The fraction of sp³-hybridized carbons (Fsp3) is 0.250. The lowest BCUT2D eigenvalue weighted by molar-refractivity contribution is 0.378. The first-order valence-corrected chi connectivity index (χ1v) is 6.89. The van der Waals surface area contributed by atoms with Gasteiger partial charge in [0.05, 0.1) is 12.1 Å². The third-order valence-electron chi connectivity index (χ3n) is 3.09. The van der Waals surface area contributed by atoms with Gasteiger partial charge in [0.1, 0.15) is 5.75 Å². The predicted molar refractivity (Wildman–Crippen MR) is 81.8 cm³/mol. The van der Waals surface area contributed by atoms with Crippen molar-refractivity contribution in [3.05, 3.63) is 52.5 Å². The molecule has 0 saturated heterocycles. The Bertz CT molecular complexity index is 599. The lowest BCUT2D eigenvalue weighted by atomic mass is 10.1. The van der Waals surface area contributed by atoms with Crippen LogP contribution < -0.4 is 15.2 Å². The van der Waals surface area contributed by atoms with Crippen LogP contribution in [0.5, 0.6) is 17.2 Å². The average Bonchev–Trinajstić information content (AvgIpc) is 2.49. The number of aryl methyl sites for hydroxylation is 1. The van der Waals surface area contributed by atoms with Crippen LogP contribution in [0.25, 0.3) is 0 Å². The molecule has 0 aliphatic rings. The Labute approximate surface area is 124 Å². The lowest BCUT2D eigenvalue weighted by Crippen LogP contribution is -1.97. The monoisotopic (exact) mass is 291 g/mol. The minimum absolute atomic E-state index is 0.453. The molecule has 0 aliphatic heterocycles. The Morgan fingerprint density at radius 2 is 1.70 bits per heavy atom. The molecule has 0 unspecified atom stereocenters. The van der Waals surface area contributed by atoms with Gasteiger partial charge in [-0.1, -0.05) is 30.7 Å². The van der Waals surface area contributed by atoms with Crippen molar-refractivity contribution in [2.45, 2.75) is 19.9 Å². The number of halogens is 1. The zero-order valence-electron chi connectivity index (χ0n) is 11.7. The Kier molecular flexibility index (Phi) is 4.88. The highest BCUT2D eigenvalue weighted by Crippen LogP contribution is 2.36. The molecule has 0 radical (unpaired) electrons. The molecule has 0 bridgehead atoms. The maximum Gasteiger partial charge on any atom is 0.169 e. The fourth-order valence-corrected chi connectivity index (χ4v) is 2.13. The molecule has 3 nitrogen and oxygen atoms in total. The highest BCUT2D eigenvalue weighted by molar-refractivity contribution is 6.32. The summed E-state index contributed by atoms with van der Waals surface area (Å²) in [5.41, 5.74) is 7.74. The molecular formula is C16H18ClNO2. The number of nitrogens with two attached hydrogens (primary N) is 1. The normalized spacial score (nSPS) is 10.4. The summed E-state index contributed by atoms with van der Waals surface area (Å²) in [5.74, 6) is 1.93. The molecule has 2 aromatic carbocycles. The molecule has 0 aliphatic carbocycles. The van der Waals surface area contributed by atoms with Gasteiger partial charge in [-0.2, -0.15) is 0 Å². The Morgan fingerprint density at radius 1 is 1.00 bits per heavy atom. The van der Waals surface area contributed by atoms with Crippen LogP contribution in [0.2, 0.25) is 5.02 Å². The van der Waals surface area contributed by atoms with Gasteiger partial charge < -0.3 is 15.2 Å². The summed E-state index contributed by atoms with van der Waals surface area (Å²) >= 11 is 6.19. The van der Waals surface area contributed by atoms with Crippen LogP contribution in [0.1, 0.15) is 18.1 Å². The second-order valence-corrected chi connectivity index (χ2v) is 4.82. The van der Waals surface area contributed by atoms with Gasteiger partial charge in [-0.05, 0) is 41.8 Å². The van der Waals surface area contributed by atoms with E-state index in [1.54, 1.807) is 7.11 Å². The lowest BCUT2D eigenvalue weighted by Gasteiger charge is -2.13. The first kappa shape index (κ1) is 14.7. The number of methoxy groups -OCH3 is 1. The Balaban J connectivity index is 2.29. The summed E-state index contributed by atoms with van der Waals surface area (Å²) in [6.45, 7) is 2.55. The van der Waals surface area contributed by atoms with Gasteiger partial charge >= 0.3 is 0 Å². The molecule has 2 rings (SSSR count). The molecule has 0 spiro atoms. The van der Waals surface area contributed by atoms with E-state index in [4.69, 9.17) is 26.8 Å². The van der Waals surface area contributed by atoms with Crippen LogP contribution in [0, 0.1) is 0 Å². The van der Waals surface area contributed by atoms with Crippen LogP contribution in [0.4, 0.5) is 0 Å². The van der Waals surface area contributed by atoms with Crippen LogP contribution in [-0.4, -0.2) is 7.11 Å². The second-order valence-electron chi connectivity index (χ2n) is 4.41. The maximum atomic E-state index is 6.19. The Morgan fingerprint density at radius 3 is 2.30 bits per heavy atom. The maximum absolute atomic E-state index is 6.19. The van der Waals surface area contributed by atoms with Crippen LogP contribution in [-0.2, 0) is 13.0 Å². The minimum atomic E-state index is 0.453. The zero-order chi connectivity index (χ0) is 14.5. The van der Waals surface area contributed by atoms with Crippen molar-refractivity contribution in [1.82, 2.24) is 0 Å². The molecule has 2 N–H and O–H groups in total. The van der Waals surface area contributed by atoms with Gasteiger partial charge in [0.25, 0.3) is 0 Å². The number of benzene rings is 2. The molecule has 0 atom stereocenters. The molecule has 106 valence electrons. The summed E-state index contributed by atoms with van der Waals surface area (Å²) in [5, 5.41) is 0.537. The highest BCUT2D eigenvalue weighted by atomic mass is 35.5.